The van der Waals surface area contributed by atoms with Crippen molar-refractivity contribution in [2.24, 2.45) is 0 Å². The fourth-order valence-electron chi connectivity index (χ4n) is 2.02. The molecule has 1 aromatic carbocycles. The lowest BCUT2D eigenvalue weighted by molar-refractivity contribution is -0.131. The van der Waals surface area contributed by atoms with E-state index in [1.807, 2.05) is 31.2 Å². The molecule has 0 aliphatic rings. The molecule has 0 saturated heterocycles. The highest BCUT2D eigenvalue weighted by Gasteiger charge is 2.13. The van der Waals surface area contributed by atoms with Crippen molar-refractivity contribution in [3.05, 3.63) is 41.7 Å². The number of allylic oxidation sites excluding steroid dienone is 1. The highest BCUT2D eigenvalue weighted by Crippen LogP contribution is 2.30. The Balaban J connectivity index is 2.65. The molecule has 0 spiro atoms. The quantitative estimate of drug-likeness (QED) is 0.821. The predicted molar refractivity (Wildman–Crippen MR) is 66.9 cm³/mol. The van der Waals surface area contributed by atoms with Crippen molar-refractivity contribution in [1.29, 1.82) is 0 Å². The molecule has 2 rings (SSSR count). The molecule has 0 saturated carbocycles. The molecule has 0 aliphatic carbocycles. The van der Waals surface area contributed by atoms with Crippen LogP contribution >= 0.6 is 0 Å². The number of carboxylic acids is 1. The first kappa shape index (κ1) is 11.5. The molecule has 0 aliphatic heterocycles. The zero-order valence-corrected chi connectivity index (χ0v) is 9.86. The summed E-state index contributed by atoms with van der Waals surface area (Å²) in [5.74, 6) is -0.277. The van der Waals surface area contributed by atoms with E-state index in [0.29, 0.717) is 11.3 Å². The van der Waals surface area contributed by atoms with Gasteiger partial charge in [-0.3, -0.25) is 0 Å². The van der Waals surface area contributed by atoms with Crippen LogP contribution in [0.1, 0.15) is 25.2 Å². The number of furan rings is 1. The molecule has 17 heavy (non-hydrogen) atoms. The second-order valence-corrected chi connectivity index (χ2v) is 3.93. The van der Waals surface area contributed by atoms with Crippen LogP contribution in [0.25, 0.3) is 16.5 Å². The van der Waals surface area contributed by atoms with Gasteiger partial charge in [-0.2, -0.15) is 0 Å². The minimum absolute atomic E-state index is 0.644. The molecule has 0 amide bonds. The summed E-state index contributed by atoms with van der Waals surface area (Å²) < 4.78 is 5.72. The Morgan fingerprint density at radius 3 is 2.76 bits per heavy atom. The van der Waals surface area contributed by atoms with Gasteiger partial charge in [0.2, 0.25) is 0 Å². The predicted octanol–water partition coefficient (Wildman–Crippen LogP) is 3.48. The van der Waals surface area contributed by atoms with Crippen LogP contribution in [0.3, 0.4) is 0 Å². The molecular formula is C14H14O3. The number of aliphatic carboxylic acids is 1. The fraction of sp³-hybridized carbons (Fsp3) is 0.214. The summed E-state index contributed by atoms with van der Waals surface area (Å²) in [7, 11) is 0. The van der Waals surface area contributed by atoms with Crippen molar-refractivity contribution in [2.45, 2.75) is 20.3 Å². The normalized spacial score (nSPS) is 12.0. The molecule has 0 bridgehead atoms. The number of benzene rings is 1. The number of hydrogen-bond acceptors (Lipinski definition) is 2. The highest BCUT2D eigenvalue weighted by atomic mass is 16.4. The van der Waals surface area contributed by atoms with Crippen molar-refractivity contribution in [3.63, 3.8) is 0 Å². The molecule has 1 aromatic heterocycles. The summed E-state index contributed by atoms with van der Waals surface area (Å²) in [5.41, 5.74) is 2.51. The van der Waals surface area contributed by atoms with Crippen molar-refractivity contribution in [1.82, 2.24) is 0 Å². The standard InChI is InChI=1S/C14H14O3/c1-3-10-11-6-4-5-7-12(11)17-14(10)9(2)8-13(15)16/h4-8H,3H2,1-2H3,(H,15,16)/b9-8-. The van der Waals surface area contributed by atoms with E-state index in [-0.39, 0.29) is 0 Å². The molecule has 1 heterocycles. The van der Waals surface area contributed by atoms with E-state index in [4.69, 9.17) is 9.52 Å². The third-order valence-corrected chi connectivity index (χ3v) is 2.75. The Hall–Kier alpha value is -2.03. The van der Waals surface area contributed by atoms with Gasteiger partial charge >= 0.3 is 5.97 Å². The van der Waals surface area contributed by atoms with Crippen molar-refractivity contribution in [3.8, 4) is 0 Å². The number of carbonyl (C=O) groups is 1. The van der Waals surface area contributed by atoms with E-state index in [1.54, 1.807) is 6.92 Å². The maximum absolute atomic E-state index is 10.7. The summed E-state index contributed by atoms with van der Waals surface area (Å²) in [6.07, 6.45) is 1.99. The Labute approximate surface area is 99.4 Å². The number of aryl methyl sites for hydroxylation is 1. The van der Waals surface area contributed by atoms with E-state index in [0.717, 1.165) is 23.0 Å². The maximum atomic E-state index is 10.7. The van der Waals surface area contributed by atoms with Crippen LogP contribution in [0.15, 0.2) is 34.8 Å². The average Bonchev–Trinajstić information content (AvgIpc) is 2.66. The van der Waals surface area contributed by atoms with E-state index in [2.05, 4.69) is 0 Å². The number of carboxylic acid groups (broad SMARTS) is 1. The van der Waals surface area contributed by atoms with E-state index in [1.165, 1.54) is 6.08 Å². The van der Waals surface area contributed by atoms with Crippen LogP contribution in [0.2, 0.25) is 0 Å². The molecule has 0 fully saturated rings. The lowest BCUT2D eigenvalue weighted by atomic mass is 10.0. The topological polar surface area (TPSA) is 50.4 Å². The van der Waals surface area contributed by atoms with Crippen molar-refractivity contribution >= 4 is 22.5 Å². The number of fused-ring (bicyclic) bond motifs is 1. The van der Waals surface area contributed by atoms with Gasteiger partial charge in [0.05, 0.1) is 0 Å². The van der Waals surface area contributed by atoms with Gasteiger partial charge < -0.3 is 9.52 Å². The van der Waals surface area contributed by atoms with Crippen molar-refractivity contribution < 1.29 is 14.3 Å². The van der Waals surface area contributed by atoms with Crippen molar-refractivity contribution in [2.75, 3.05) is 0 Å². The van der Waals surface area contributed by atoms with Crippen LogP contribution in [0.4, 0.5) is 0 Å². The fourth-order valence-corrected chi connectivity index (χ4v) is 2.02. The largest absolute Gasteiger partial charge is 0.478 e. The van der Waals surface area contributed by atoms with Gasteiger partial charge in [-0.25, -0.2) is 4.79 Å². The summed E-state index contributed by atoms with van der Waals surface area (Å²) in [4.78, 5) is 10.7. The van der Waals surface area contributed by atoms with E-state index < -0.39 is 5.97 Å². The first-order valence-electron chi connectivity index (χ1n) is 5.55. The third kappa shape index (κ3) is 2.09. The second-order valence-electron chi connectivity index (χ2n) is 3.93. The van der Waals surface area contributed by atoms with Gasteiger partial charge in [0, 0.05) is 17.0 Å². The molecule has 2 aromatic rings. The van der Waals surface area contributed by atoms with Crippen LogP contribution in [-0.4, -0.2) is 11.1 Å². The summed E-state index contributed by atoms with van der Waals surface area (Å²) in [6, 6.07) is 7.75. The van der Waals surface area contributed by atoms with Gasteiger partial charge in [-0.1, -0.05) is 25.1 Å². The maximum Gasteiger partial charge on any atom is 0.328 e. The Morgan fingerprint density at radius 2 is 2.12 bits per heavy atom. The van der Waals surface area contributed by atoms with Gasteiger partial charge in [0.15, 0.2) is 0 Å². The smallest absolute Gasteiger partial charge is 0.328 e. The van der Waals surface area contributed by atoms with E-state index in [9.17, 15) is 4.79 Å². The zero-order chi connectivity index (χ0) is 12.4. The van der Waals surface area contributed by atoms with Gasteiger partial charge in [-0.05, 0) is 25.0 Å². The highest BCUT2D eigenvalue weighted by molar-refractivity contribution is 5.92. The molecule has 1 N–H and O–H groups in total. The average molecular weight is 230 g/mol. The lowest BCUT2D eigenvalue weighted by Gasteiger charge is -1.99. The number of para-hydroxylation sites is 1. The van der Waals surface area contributed by atoms with Crippen LogP contribution in [0, 0.1) is 0 Å². The molecule has 0 unspecified atom stereocenters. The minimum Gasteiger partial charge on any atom is -0.478 e. The number of rotatable bonds is 3. The van der Waals surface area contributed by atoms with Crippen LogP contribution in [-0.2, 0) is 11.2 Å². The number of hydrogen-bond donors (Lipinski definition) is 1. The summed E-state index contributed by atoms with van der Waals surface area (Å²) in [5, 5.41) is 9.82. The van der Waals surface area contributed by atoms with Gasteiger partial charge in [0.25, 0.3) is 0 Å². The third-order valence-electron chi connectivity index (χ3n) is 2.75. The monoisotopic (exact) mass is 230 g/mol. The molecule has 3 heteroatoms. The SMILES string of the molecule is CCc1c(/C(C)=C\C(=O)O)oc2ccccc12. The minimum atomic E-state index is -0.954. The van der Waals surface area contributed by atoms with Crippen LogP contribution in [0.5, 0.6) is 0 Å². The Kier molecular flexibility index (Phi) is 3.00. The molecule has 88 valence electrons. The Morgan fingerprint density at radius 1 is 1.41 bits per heavy atom. The molecule has 0 atom stereocenters. The first-order chi connectivity index (χ1) is 8.13. The van der Waals surface area contributed by atoms with Crippen LogP contribution < -0.4 is 0 Å². The lowest BCUT2D eigenvalue weighted by Crippen LogP contribution is -1.91. The van der Waals surface area contributed by atoms with E-state index >= 15 is 0 Å². The van der Waals surface area contributed by atoms with Gasteiger partial charge in [0.1, 0.15) is 11.3 Å². The van der Waals surface area contributed by atoms with Gasteiger partial charge in [-0.15, -0.1) is 0 Å². The molecular weight excluding hydrogens is 216 g/mol. The second kappa shape index (κ2) is 4.45. The molecule has 3 nitrogen and oxygen atoms in total. The summed E-state index contributed by atoms with van der Waals surface area (Å²) >= 11 is 0. The molecule has 0 radical (unpaired) electrons. The Bertz CT molecular complexity index is 591. The summed E-state index contributed by atoms with van der Waals surface area (Å²) in [6.45, 7) is 3.79. The zero-order valence-electron chi connectivity index (χ0n) is 9.86. The first-order valence-corrected chi connectivity index (χ1v) is 5.55.